The predicted octanol–water partition coefficient (Wildman–Crippen LogP) is 1.38. The first-order valence-electron chi connectivity index (χ1n) is 6.29. The Morgan fingerprint density at radius 2 is 2.16 bits per heavy atom. The molecule has 19 heavy (non-hydrogen) atoms. The highest BCUT2D eigenvalue weighted by molar-refractivity contribution is 7.90. The number of halogens is 1. The fraction of sp³-hybridized carbons (Fsp3) is 0.538. The van der Waals surface area contributed by atoms with Gasteiger partial charge in [-0.15, -0.1) is 0 Å². The van der Waals surface area contributed by atoms with Crippen molar-refractivity contribution in [2.45, 2.75) is 31.2 Å². The number of hydrogen-bond donors (Lipinski definition) is 1. The lowest BCUT2D eigenvalue weighted by Gasteiger charge is -2.12. The number of benzene rings is 1. The first kappa shape index (κ1) is 14.4. The largest absolute Gasteiger partial charge is 0.377 e. The summed E-state index contributed by atoms with van der Waals surface area (Å²) in [7, 11) is -3.27. The van der Waals surface area contributed by atoms with Crippen molar-refractivity contribution in [1.82, 2.24) is 0 Å². The number of sulfone groups is 1. The molecule has 2 rings (SSSR count). The molecule has 106 valence electrons. The van der Waals surface area contributed by atoms with Gasteiger partial charge in [0.2, 0.25) is 0 Å². The molecule has 0 spiro atoms. The van der Waals surface area contributed by atoms with E-state index in [9.17, 15) is 12.8 Å². The maximum Gasteiger partial charge on any atom is 0.157 e. The first-order valence-corrected chi connectivity index (χ1v) is 8.12. The van der Waals surface area contributed by atoms with E-state index >= 15 is 0 Å². The summed E-state index contributed by atoms with van der Waals surface area (Å²) in [5.74, 6) is -0.491. The standard InChI is InChI=1S/C13H18FNO3S/c14-12-4-3-10(11(6-12)7-15)8-19(16,17)9-13-2-1-5-18-13/h3-4,6,13H,1-2,5,7-9,15H2. The quantitative estimate of drug-likeness (QED) is 0.888. The average Bonchev–Trinajstić information content (AvgIpc) is 2.83. The third-order valence-corrected chi connectivity index (χ3v) is 4.86. The molecule has 0 bridgehead atoms. The van der Waals surface area contributed by atoms with Gasteiger partial charge in [-0.2, -0.15) is 0 Å². The van der Waals surface area contributed by atoms with Crippen LogP contribution in [0.3, 0.4) is 0 Å². The molecule has 1 heterocycles. The van der Waals surface area contributed by atoms with E-state index in [2.05, 4.69) is 0 Å². The Kier molecular flexibility index (Phi) is 4.54. The summed E-state index contributed by atoms with van der Waals surface area (Å²) in [4.78, 5) is 0. The molecule has 0 radical (unpaired) electrons. The Hall–Kier alpha value is -0.980. The van der Waals surface area contributed by atoms with Gasteiger partial charge in [0.1, 0.15) is 5.82 Å². The molecule has 4 nitrogen and oxygen atoms in total. The number of rotatable bonds is 5. The van der Waals surface area contributed by atoms with Crippen LogP contribution in [0.5, 0.6) is 0 Å². The molecule has 1 unspecified atom stereocenters. The lowest BCUT2D eigenvalue weighted by Crippen LogP contribution is -2.22. The zero-order valence-electron chi connectivity index (χ0n) is 10.6. The molecule has 1 aliphatic heterocycles. The highest BCUT2D eigenvalue weighted by atomic mass is 32.2. The molecule has 2 N–H and O–H groups in total. The molecule has 1 saturated heterocycles. The third kappa shape index (κ3) is 3.99. The molecule has 0 saturated carbocycles. The topological polar surface area (TPSA) is 69.4 Å². The smallest absolute Gasteiger partial charge is 0.157 e. The van der Waals surface area contributed by atoms with Gasteiger partial charge in [0, 0.05) is 13.2 Å². The van der Waals surface area contributed by atoms with Gasteiger partial charge in [0.25, 0.3) is 0 Å². The van der Waals surface area contributed by atoms with Crippen molar-refractivity contribution >= 4 is 9.84 Å². The second kappa shape index (κ2) is 5.98. The lowest BCUT2D eigenvalue weighted by atomic mass is 10.1. The SMILES string of the molecule is NCc1cc(F)ccc1CS(=O)(=O)CC1CCCO1. The fourth-order valence-electron chi connectivity index (χ4n) is 2.28. The van der Waals surface area contributed by atoms with Gasteiger partial charge in [-0.05, 0) is 36.1 Å². The van der Waals surface area contributed by atoms with Crippen LogP contribution in [0, 0.1) is 5.82 Å². The van der Waals surface area contributed by atoms with E-state index in [-0.39, 0.29) is 24.2 Å². The summed E-state index contributed by atoms with van der Waals surface area (Å²) in [6, 6.07) is 4.04. The Balaban J connectivity index is 2.10. The molecular weight excluding hydrogens is 269 g/mol. The van der Waals surface area contributed by atoms with Crippen molar-refractivity contribution in [3.63, 3.8) is 0 Å². The van der Waals surface area contributed by atoms with Crippen LogP contribution in [0.25, 0.3) is 0 Å². The zero-order chi connectivity index (χ0) is 13.9. The van der Waals surface area contributed by atoms with Crippen molar-refractivity contribution in [3.8, 4) is 0 Å². The van der Waals surface area contributed by atoms with E-state index in [1.54, 1.807) is 0 Å². The van der Waals surface area contributed by atoms with E-state index in [0.717, 1.165) is 12.8 Å². The van der Waals surface area contributed by atoms with Crippen molar-refractivity contribution in [2.24, 2.45) is 5.73 Å². The van der Waals surface area contributed by atoms with E-state index in [4.69, 9.17) is 10.5 Å². The molecule has 1 aliphatic rings. The molecular formula is C13H18FNO3S. The highest BCUT2D eigenvalue weighted by Crippen LogP contribution is 2.19. The van der Waals surface area contributed by atoms with Crippen molar-refractivity contribution in [2.75, 3.05) is 12.4 Å². The van der Waals surface area contributed by atoms with Crippen LogP contribution in [0.1, 0.15) is 24.0 Å². The average molecular weight is 287 g/mol. The van der Waals surface area contributed by atoms with Crippen molar-refractivity contribution < 1.29 is 17.5 Å². The molecule has 0 amide bonds. The summed E-state index contributed by atoms with van der Waals surface area (Å²) >= 11 is 0. The Morgan fingerprint density at radius 3 is 2.79 bits per heavy atom. The number of nitrogens with two attached hydrogens (primary N) is 1. The monoisotopic (exact) mass is 287 g/mol. The second-order valence-electron chi connectivity index (χ2n) is 4.81. The van der Waals surface area contributed by atoms with Crippen molar-refractivity contribution in [1.29, 1.82) is 0 Å². The Bertz CT molecular complexity index is 539. The predicted molar refractivity (Wildman–Crippen MR) is 70.8 cm³/mol. The Morgan fingerprint density at radius 1 is 1.37 bits per heavy atom. The first-order chi connectivity index (χ1) is 9.00. The number of ether oxygens (including phenoxy) is 1. The Labute approximate surface area is 112 Å². The fourth-order valence-corrected chi connectivity index (χ4v) is 3.98. The van der Waals surface area contributed by atoms with Gasteiger partial charge in [-0.1, -0.05) is 6.07 Å². The van der Waals surface area contributed by atoms with Crippen LogP contribution in [0.15, 0.2) is 18.2 Å². The molecule has 0 aromatic heterocycles. The highest BCUT2D eigenvalue weighted by Gasteiger charge is 2.24. The molecule has 1 aromatic carbocycles. The minimum Gasteiger partial charge on any atom is -0.377 e. The minimum absolute atomic E-state index is 0.0222. The van der Waals surface area contributed by atoms with E-state index in [1.807, 2.05) is 0 Å². The molecule has 6 heteroatoms. The molecule has 1 atom stereocenters. The van der Waals surface area contributed by atoms with E-state index in [0.29, 0.717) is 17.7 Å². The third-order valence-electron chi connectivity index (χ3n) is 3.23. The minimum atomic E-state index is -3.27. The molecule has 1 aromatic rings. The van der Waals surface area contributed by atoms with E-state index < -0.39 is 15.7 Å². The lowest BCUT2D eigenvalue weighted by molar-refractivity contribution is 0.127. The summed E-state index contributed by atoms with van der Waals surface area (Å²) < 4.78 is 42.6. The van der Waals surface area contributed by atoms with E-state index in [1.165, 1.54) is 18.2 Å². The van der Waals surface area contributed by atoms with Crippen LogP contribution in [-0.4, -0.2) is 26.9 Å². The molecule has 1 fully saturated rings. The van der Waals surface area contributed by atoms with Gasteiger partial charge >= 0.3 is 0 Å². The normalized spacial score (nSPS) is 19.8. The summed E-state index contributed by atoms with van der Waals surface area (Å²) in [6.45, 7) is 0.757. The van der Waals surface area contributed by atoms with Gasteiger partial charge in [-0.3, -0.25) is 0 Å². The molecule has 0 aliphatic carbocycles. The second-order valence-corrected chi connectivity index (χ2v) is 6.92. The van der Waals surface area contributed by atoms with Crippen LogP contribution in [0.4, 0.5) is 4.39 Å². The van der Waals surface area contributed by atoms with Crippen molar-refractivity contribution in [3.05, 3.63) is 35.1 Å². The van der Waals surface area contributed by atoms with Gasteiger partial charge in [-0.25, -0.2) is 12.8 Å². The van der Waals surface area contributed by atoms with Gasteiger partial charge in [0.05, 0.1) is 17.6 Å². The summed E-state index contributed by atoms with van der Waals surface area (Å²) in [5.41, 5.74) is 6.62. The van der Waals surface area contributed by atoms with Crippen LogP contribution >= 0.6 is 0 Å². The summed E-state index contributed by atoms with van der Waals surface area (Å²) in [5, 5.41) is 0. The maximum atomic E-state index is 13.1. The maximum absolute atomic E-state index is 13.1. The van der Waals surface area contributed by atoms with Crippen LogP contribution in [-0.2, 0) is 26.9 Å². The van der Waals surface area contributed by atoms with Gasteiger partial charge in [0.15, 0.2) is 9.84 Å². The number of hydrogen-bond acceptors (Lipinski definition) is 4. The van der Waals surface area contributed by atoms with Gasteiger partial charge < -0.3 is 10.5 Å². The zero-order valence-corrected chi connectivity index (χ0v) is 11.5. The summed E-state index contributed by atoms with van der Waals surface area (Å²) in [6.07, 6.45) is 1.49. The van der Waals surface area contributed by atoms with Crippen LogP contribution in [0.2, 0.25) is 0 Å². The van der Waals surface area contributed by atoms with Crippen LogP contribution < -0.4 is 5.73 Å².